The number of anilines is 1. The maximum atomic E-state index is 12.4. The van der Waals surface area contributed by atoms with E-state index in [4.69, 9.17) is 11.6 Å². The van der Waals surface area contributed by atoms with Gasteiger partial charge >= 0.3 is 6.03 Å². The first-order valence-electron chi connectivity index (χ1n) is 9.09. The van der Waals surface area contributed by atoms with Crippen molar-refractivity contribution in [1.29, 1.82) is 0 Å². The van der Waals surface area contributed by atoms with Crippen molar-refractivity contribution in [3.63, 3.8) is 0 Å². The first-order valence-corrected chi connectivity index (χ1v) is 9.46. The molecule has 2 aliphatic rings. The standard InChI is InChI=1S/C19H28ClN3O/c1-14-7-10-22(11-8-14)19(24)21-15(2)16-9-12-23(13-16)18-5-3-17(20)4-6-18/h3-6,14-16H,7-13H2,1-2H3,(H,21,24). The van der Waals surface area contributed by atoms with Crippen molar-refractivity contribution in [2.24, 2.45) is 11.8 Å². The van der Waals surface area contributed by atoms with E-state index in [2.05, 4.69) is 36.2 Å². The van der Waals surface area contributed by atoms with Gasteiger partial charge in [-0.05, 0) is 62.3 Å². The Labute approximate surface area is 150 Å². The second-order valence-electron chi connectivity index (χ2n) is 7.38. The van der Waals surface area contributed by atoms with E-state index in [1.54, 1.807) is 0 Å². The van der Waals surface area contributed by atoms with Crippen LogP contribution >= 0.6 is 11.6 Å². The molecule has 5 heteroatoms. The Hall–Kier alpha value is -1.42. The van der Waals surface area contributed by atoms with Gasteiger partial charge in [0.2, 0.25) is 0 Å². The predicted molar refractivity (Wildman–Crippen MR) is 99.7 cm³/mol. The molecule has 2 unspecified atom stereocenters. The van der Waals surface area contributed by atoms with E-state index in [1.807, 2.05) is 17.0 Å². The van der Waals surface area contributed by atoms with Crippen LogP contribution in [0.1, 0.15) is 33.1 Å². The second-order valence-corrected chi connectivity index (χ2v) is 7.82. The number of halogens is 1. The van der Waals surface area contributed by atoms with Gasteiger partial charge in [-0.2, -0.15) is 0 Å². The number of benzene rings is 1. The Morgan fingerprint density at radius 1 is 1.17 bits per heavy atom. The Balaban J connectivity index is 1.50. The third-order valence-electron chi connectivity index (χ3n) is 5.55. The fourth-order valence-corrected chi connectivity index (χ4v) is 3.82. The molecule has 0 spiro atoms. The zero-order valence-corrected chi connectivity index (χ0v) is 15.4. The topological polar surface area (TPSA) is 35.6 Å². The van der Waals surface area contributed by atoms with Crippen LogP contribution in [0.2, 0.25) is 5.02 Å². The zero-order valence-electron chi connectivity index (χ0n) is 14.7. The molecule has 2 saturated heterocycles. The number of rotatable bonds is 3. The van der Waals surface area contributed by atoms with Crippen molar-refractivity contribution < 1.29 is 4.79 Å². The summed E-state index contributed by atoms with van der Waals surface area (Å²) in [4.78, 5) is 16.8. The molecule has 3 rings (SSSR count). The normalized spacial score (nSPS) is 23.4. The molecule has 2 aliphatic heterocycles. The highest BCUT2D eigenvalue weighted by molar-refractivity contribution is 6.30. The van der Waals surface area contributed by atoms with Gasteiger partial charge in [0, 0.05) is 42.9 Å². The fraction of sp³-hybridized carbons (Fsp3) is 0.632. The van der Waals surface area contributed by atoms with Gasteiger partial charge in [0.1, 0.15) is 0 Å². The zero-order chi connectivity index (χ0) is 17.1. The maximum Gasteiger partial charge on any atom is 0.317 e. The van der Waals surface area contributed by atoms with E-state index < -0.39 is 0 Å². The first kappa shape index (κ1) is 17.4. The molecule has 0 bridgehead atoms. The minimum atomic E-state index is 0.111. The quantitative estimate of drug-likeness (QED) is 0.895. The lowest BCUT2D eigenvalue weighted by molar-refractivity contribution is 0.168. The van der Waals surface area contributed by atoms with Crippen molar-refractivity contribution >= 4 is 23.3 Å². The van der Waals surface area contributed by atoms with Gasteiger partial charge < -0.3 is 15.1 Å². The first-order chi connectivity index (χ1) is 11.5. The summed E-state index contributed by atoms with van der Waals surface area (Å²) in [7, 11) is 0. The largest absolute Gasteiger partial charge is 0.371 e. The molecule has 4 nitrogen and oxygen atoms in total. The van der Waals surface area contributed by atoms with Crippen molar-refractivity contribution in [3.05, 3.63) is 29.3 Å². The van der Waals surface area contributed by atoms with Crippen LogP contribution in [0.25, 0.3) is 0 Å². The molecular weight excluding hydrogens is 322 g/mol. The maximum absolute atomic E-state index is 12.4. The number of likely N-dealkylation sites (tertiary alicyclic amines) is 1. The third kappa shape index (κ3) is 4.15. The monoisotopic (exact) mass is 349 g/mol. The summed E-state index contributed by atoms with van der Waals surface area (Å²) in [6.45, 7) is 8.21. The molecule has 1 N–H and O–H groups in total. The van der Waals surface area contributed by atoms with Crippen LogP contribution in [0.3, 0.4) is 0 Å². The molecule has 2 heterocycles. The van der Waals surface area contributed by atoms with Crippen molar-refractivity contribution in [3.8, 4) is 0 Å². The van der Waals surface area contributed by atoms with Crippen LogP contribution in [0.15, 0.2) is 24.3 Å². The van der Waals surface area contributed by atoms with Crippen LogP contribution in [-0.4, -0.2) is 43.2 Å². The summed E-state index contributed by atoms with van der Waals surface area (Å²) in [5, 5.41) is 4.00. The highest BCUT2D eigenvalue weighted by atomic mass is 35.5. The smallest absolute Gasteiger partial charge is 0.317 e. The number of urea groups is 1. The number of nitrogens with zero attached hydrogens (tertiary/aromatic N) is 2. The predicted octanol–water partition coefficient (Wildman–Crippen LogP) is 4.00. The van der Waals surface area contributed by atoms with Gasteiger partial charge in [0.05, 0.1) is 0 Å². The third-order valence-corrected chi connectivity index (χ3v) is 5.80. The molecule has 1 aromatic carbocycles. The van der Waals surface area contributed by atoms with E-state index in [0.29, 0.717) is 5.92 Å². The molecule has 2 fully saturated rings. The lowest BCUT2D eigenvalue weighted by atomic mass is 9.99. The Bertz CT molecular complexity index is 554. The van der Waals surface area contributed by atoms with Gasteiger partial charge in [-0.25, -0.2) is 4.79 Å². The summed E-state index contributed by atoms with van der Waals surface area (Å²) in [5.41, 5.74) is 1.21. The van der Waals surface area contributed by atoms with Crippen LogP contribution < -0.4 is 10.2 Å². The van der Waals surface area contributed by atoms with Gasteiger partial charge in [0.25, 0.3) is 0 Å². The van der Waals surface area contributed by atoms with E-state index in [0.717, 1.165) is 56.4 Å². The Morgan fingerprint density at radius 3 is 2.50 bits per heavy atom. The van der Waals surface area contributed by atoms with Crippen molar-refractivity contribution in [2.45, 2.75) is 39.2 Å². The lowest BCUT2D eigenvalue weighted by Crippen LogP contribution is -2.49. The number of nitrogens with one attached hydrogen (secondary N) is 1. The number of hydrogen-bond donors (Lipinski definition) is 1. The van der Waals surface area contributed by atoms with Crippen molar-refractivity contribution in [2.75, 3.05) is 31.1 Å². The molecule has 2 atom stereocenters. The second kappa shape index (κ2) is 7.64. The molecule has 0 saturated carbocycles. The molecule has 0 radical (unpaired) electrons. The van der Waals surface area contributed by atoms with Gasteiger partial charge in [-0.3, -0.25) is 0 Å². The molecule has 2 amide bonds. The SMILES string of the molecule is CC1CCN(C(=O)NC(C)C2CCN(c3ccc(Cl)cc3)C2)CC1. The van der Waals surface area contributed by atoms with E-state index in [-0.39, 0.29) is 12.1 Å². The number of carbonyl (C=O) groups excluding carboxylic acids is 1. The average Bonchev–Trinajstić information content (AvgIpc) is 3.06. The summed E-state index contributed by atoms with van der Waals surface area (Å²) in [6.07, 6.45) is 3.35. The van der Waals surface area contributed by atoms with Crippen LogP contribution in [0.4, 0.5) is 10.5 Å². The number of carbonyl (C=O) groups is 1. The minimum absolute atomic E-state index is 0.111. The molecule has 24 heavy (non-hydrogen) atoms. The molecular formula is C19H28ClN3O. The van der Waals surface area contributed by atoms with Crippen LogP contribution in [-0.2, 0) is 0 Å². The van der Waals surface area contributed by atoms with E-state index in [1.165, 1.54) is 5.69 Å². The molecule has 0 aromatic heterocycles. The van der Waals surface area contributed by atoms with Crippen molar-refractivity contribution in [1.82, 2.24) is 10.2 Å². The fourth-order valence-electron chi connectivity index (χ4n) is 3.70. The van der Waals surface area contributed by atoms with Gasteiger partial charge in [-0.1, -0.05) is 18.5 Å². The van der Waals surface area contributed by atoms with Gasteiger partial charge in [-0.15, -0.1) is 0 Å². The number of piperidine rings is 1. The Morgan fingerprint density at radius 2 is 1.83 bits per heavy atom. The highest BCUT2D eigenvalue weighted by Crippen LogP contribution is 2.27. The molecule has 1 aromatic rings. The lowest BCUT2D eigenvalue weighted by Gasteiger charge is -2.32. The van der Waals surface area contributed by atoms with Gasteiger partial charge in [0.15, 0.2) is 0 Å². The number of hydrogen-bond acceptors (Lipinski definition) is 2. The van der Waals surface area contributed by atoms with E-state index in [9.17, 15) is 4.79 Å². The summed E-state index contributed by atoms with van der Waals surface area (Å²) in [6, 6.07) is 8.33. The summed E-state index contributed by atoms with van der Waals surface area (Å²) < 4.78 is 0. The number of amides is 2. The van der Waals surface area contributed by atoms with Crippen LogP contribution in [0, 0.1) is 11.8 Å². The summed E-state index contributed by atoms with van der Waals surface area (Å²) in [5.74, 6) is 1.24. The van der Waals surface area contributed by atoms with Crippen LogP contribution in [0.5, 0.6) is 0 Å². The highest BCUT2D eigenvalue weighted by Gasteiger charge is 2.29. The van der Waals surface area contributed by atoms with E-state index >= 15 is 0 Å². The summed E-state index contributed by atoms with van der Waals surface area (Å²) >= 11 is 5.97. The molecule has 0 aliphatic carbocycles. The average molecular weight is 350 g/mol. The Kier molecular flexibility index (Phi) is 5.54. The minimum Gasteiger partial charge on any atom is -0.371 e. The molecule has 132 valence electrons.